The molecular weight excluding hydrogens is 502 g/mol. The maximum atomic E-state index is 13.5. The molecule has 5 rings (SSSR count). The van der Waals surface area contributed by atoms with E-state index in [1.807, 2.05) is 53.7 Å². The number of para-hydroxylation sites is 1. The lowest BCUT2D eigenvalue weighted by molar-refractivity contribution is 0.0990. The molecule has 0 N–H and O–H groups in total. The molecule has 0 radical (unpaired) electrons. The summed E-state index contributed by atoms with van der Waals surface area (Å²) in [6.45, 7) is 5.93. The molecule has 3 heterocycles. The molecule has 2 aliphatic heterocycles. The van der Waals surface area contributed by atoms with E-state index in [0.29, 0.717) is 18.2 Å². The average molecular weight is 532 g/mol. The zero-order chi connectivity index (χ0) is 25.9. The van der Waals surface area contributed by atoms with E-state index >= 15 is 0 Å². The van der Waals surface area contributed by atoms with Gasteiger partial charge in [-0.25, -0.2) is 14.3 Å². The number of aromatic nitrogens is 2. The van der Waals surface area contributed by atoms with Gasteiger partial charge in [0.05, 0.1) is 11.3 Å². The van der Waals surface area contributed by atoms with Crippen molar-refractivity contribution in [2.75, 3.05) is 60.1 Å². The summed E-state index contributed by atoms with van der Waals surface area (Å²) >= 11 is 3.34. The van der Waals surface area contributed by atoms with Crippen LogP contribution in [0, 0.1) is 18.3 Å². The van der Waals surface area contributed by atoms with E-state index in [0.717, 1.165) is 55.2 Å². The second-order valence-electron chi connectivity index (χ2n) is 9.01. The Morgan fingerprint density at radius 1 is 1.05 bits per heavy atom. The van der Waals surface area contributed by atoms with Crippen LogP contribution in [0.1, 0.15) is 27.3 Å². The summed E-state index contributed by atoms with van der Waals surface area (Å²) in [6, 6.07) is 18.1. The molecule has 0 unspecified atom stereocenters. The number of carbonyl (C=O) groups excluding carboxylic acids is 1. The number of nitrogens with zero attached hydrogens (tertiary/aromatic N) is 7. The molecule has 3 aromatic rings. The fourth-order valence-electron chi connectivity index (χ4n) is 4.70. The minimum atomic E-state index is 0.0460. The molecule has 1 aromatic heterocycles. The lowest BCUT2D eigenvalue weighted by Gasteiger charge is -2.34. The summed E-state index contributed by atoms with van der Waals surface area (Å²) in [5, 5.41) is 9.21. The van der Waals surface area contributed by atoms with Gasteiger partial charge in [0.15, 0.2) is 0 Å². The first-order valence-corrected chi connectivity index (χ1v) is 14.2. The van der Waals surface area contributed by atoms with Crippen molar-refractivity contribution in [2.24, 2.45) is 0 Å². The van der Waals surface area contributed by atoms with Crippen LogP contribution in [0.25, 0.3) is 0 Å². The monoisotopic (exact) mass is 531 g/mol. The molecule has 0 bridgehead atoms. The van der Waals surface area contributed by atoms with Crippen LogP contribution in [0.4, 0.5) is 17.3 Å². The number of benzene rings is 2. The second kappa shape index (κ2) is 11.0. The van der Waals surface area contributed by atoms with Crippen molar-refractivity contribution in [3.8, 4) is 6.07 Å². The molecular formula is C27H29N7OS2. The first-order chi connectivity index (χ1) is 18.0. The molecule has 0 spiro atoms. The van der Waals surface area contributed by atoms with Crippen molar-refractivity contribution in [1.29, 1.82) is 5.26 Å². The molecule has 8 nitrogen and oxygen atoms in total. The number of fused-ring (bicyclic) bond motifs is 1. The summed E-state index contributed by atoms with van der Waals surface area (Å²) in [7, 11) is 1.98. The average Bonchev–Trinajstić information content (AvgIpc) is 3.35. The van der Waals surface area contributed by atoms with Gasteiger partial charge in [-0.3, -0.25) is 4.79 Å². The standard InChI is InChI=1S/C27H29N7OS2/c1-19-16-21(18-28)30-27(29-19)32-12-14-33(15-13-32)37-22-8-9-24-20(17-22)10-11-34(24)26(35)23-6-4-5-7-25(23)31(2)36-3/h4-9,16-17H,10-15H2,1-3H3. The minimum Gasteiger partial charge on any atom is -0.338 e. The van der Waals surface area contributed by atoms with E-state index in [1.54, 1.807) is 30.0 Å². The van der Waals surface area contributed by atoms with Gasteiger partial charge >= 0.3 is 0 Å². The smallest absolute Gasteiger partial charge is 0.260 e. The van der Waals surface area contributed by atoms with Gasteiger partial charge < -0.3 is 14.1 Å². The fraction of sp³-hybridized carbons (Fsp3) is 0.333. The van der Waals surface area contributed by atoms with Crippen LogP contribution >= 0.6 is 23.9 Å². The number of aryl methyl sites for hydroxylation is 1. The number of piperazine rings is 1. The maximum absolute atomic E-state index is 13.5. The highest BCUT2D eigenvalue weighted by atomic mass is 32.2. The summed E-state index contributed by atoms with van der Waals surface area (Å²) in [4.78, 5) is 27.6. The van der Waals surface area contributed by atoms with Gasteiger partial charge in [0.1, 0.15) is 11.8 Å². The number of hydrogen-bond donors (Lipinski definition) is 0. The molecule has 2 aromatic carbocycles. The first kappa shape index (κ1) is 25.4. The molecule has 1 fully saturated rings. The first-order valence-electron chi connectivity index (χ1n) is 12.2. The number of anilines is 3. The molecule has 10 heteroatoms. The zero-order valence-corrected chi connectivity index (χ0v) is 22.8. The highest BCUT2D eigenvalue weighted by Gasteiger charge is 2.28. The van der Waals surface area contributed by atoms with Gasteiger partial charge in [-0.1, -0.05) is 24.1 Å². The maximum Gasteiger partial charge on any atom is 0.260 e. The van der Waals surface area contributed by atoms with Crippen LogP contribution in [0.15, 0.2) is 53.4 Å². The van der Waals surface area contributed by atoms with Crippen LogP contribution in [-0.4, -0.2) is 66.2 Å². The Morgan fingerprint density at radius 3 is 2.59 bits per heavy atom. The molecule has 0 aliphatic carbocycles. The third kappa shape index (κ3) is 5.39. The Hall–Kier alpha value is -3.26. The van der Waals surface area contributed by atoms with Crippen LogP contribution in [-0.2, 0) is 6.42 Å². The second-order valence-corrected chi connectivity index (χ2v) is 11.1. The largest absolute Gasteiger partial charge is 0.338 e. The zero-order valence-electron chi connectivity index (χ0n) is 21.2. The van der Waals surface area contributed by atoms with Crippen LogP contribution in [0.3, 0.4) is 0 Å². The van der Waals surface area contributed by atoms with Crippen molar-refractivity contribution in [3.05, 3.63) is 71.0 Å². The van der Waals surface area contributed by atoms with Crippen molar-refractivity contribution in [3.63, 3.8) is 0 Å². The highest BCUT2D eigenvalue weighted by molar-refractivity contribution is 7.99. The van der Waals surface area contributed by atoms with Crippen molar-refractivity contribution in [2.45, 2.75) is 18.2 Å². The number of amides is 1. The van der Waals surface area contributed by atoms with Gasteiger partial charge in [-0.05, 0) is 67.3 Å². The SMILES string of the molecule is CSN(C)c1ccccc1C(=O)N1CCc2cc(SN3CCN(c4nc(C)cc(C#N)n4)CC3)ccc21. The van der Waals surface area contributed by atoms with Gasteiger partial charge in [-0.15, -0.1) is 0 Å². The molecule has 37 heavy (non-hydrogen) atoms. The predicted octanol–water partition coefficient (Wildman–Crippen LogP) is 4.40. The third-order valence-corrected chi connectivity index (χ3v) is 8.48. The van der Waals surface area contributed by atoms with Crippen LogP contribution in [0.5, 0.6) is 0 Å². The van der Waals surface area contributed by atoms with E-state index in [4.69, 9.17) is 0 Å². The summed E-state index contributed by atoms with van der Waals surface area (Å²) < 4.78 is 4.38. The van der Waals surface area contributed by atoms with E-state index in [1.165, 1.54) is 10.5 Å². The van der Waals surface area contributed by atoms with Crippen molar-refractivity contribution < 1.29 is 4.79 Å². The molecule has 1 amide bonds. The van der Waals surface area contributed by atoms with Crippen molar-refractivity contribution >= 4 is 47.1 Å². The number of hydrogen-bond acceptors (Lipinski definition) is 9. The molecule has 2 aliphatic rings. The third-order valence-electron chi connectivity index (χ3n) is 6.65. The molecule has 1 saturated heterocycles. The summed E-state index contributed by atoms with van der Waals surface area (Å²) in [5.74, 6) is 0.679. The van der Waals surface area contributed by atoms with E-state index in [9.17, 15) is 10.1 Å². The lowest BCUT2D eigenvalue weighted by atomic mass is 10.1. The van der Waals surface area contributed by atoms with Crippen LogP contribution < -0.4 is 14.1 Å². The predicted molar refractivity (Wildman–Crippen MR) is 151 cm³/mol. The molecule has 190 valence electrons. The topological polar surface area (TPSA) is 79.6 Å². The summed E-state index contributed by atoms with van der Waals surface area (Å²) in [6.07, 6.45) is 2.86. The van der Waals surface area contributed by atoms with E-state index in [2.05, 4.69) is 43.4 Å². The Kier molecular flexibility index (Phi) is 7.55. The van der Waals surface area contributed by atoms with Gasteiger partial charge in [-0.2, -0.15) is 5.26 Å². The Balaban J connectivity index is 1.24. The summed E-state index contributed by atoms with van der Waals surface area (Å²) in [5.41, 5.74) is 5.09. The number of carbonyl (C=O) groups is 1. The van der Waals surface area contributed by atoms with Gasteiger partial charge in [0.25, 0.3) is 5.91 Å². The highest BCUT2D eigenvalue weighted by Crippen LogP contribution is 2.36. The van der Waals surface area contributed by atoms with Crippen molar-refractivity contribution in [1.82, 2.24) is 14.3 Å². The Bertz CT molecular complexity index is 1350. The van der Waals surface area contributed by atoms with Crippen LogP contribution in [0.2, 0.25) is 0 Å². The Labute approximate surface area is 226 Å². The molecule has 0 saturated carbocycles. The Morgan fingerprint density at radius 2 is 1.84 bits per heavy atom. The lowest BCUT2D eigenvalue weighted by Crippen LogP contribution is -2.44. The van der Waals surface area contributed by atoms with Gasteiger partial charge in [0, 0.05) is 62.3 Å². The minimum absolute atomic E-state index is 0.0460. The quantitative estimate of drug-likeness (QED) is 0.430. The molecule has 0 atom stereocenters. The van der Waals surface area contributed by atoms with E-state index in [-0.39, 0.29) is 5.91 Å². The van der Waals surface area contributed by atoms with E-state index < -0.39 is 0 Å². The number of rotatable bonds is 6. The normalized spacial score (nSPS) is 15.4. The fourth-order valence-corrected chi connectivity index (χ4v) is 6.02. The van der Waals surface area contributed by atoms with Gasteiger partial charge in [0.2, 0.25) is 5.95 Å². The number of nitriles is 1.